The zero-order valence-corrected chi connectivity index (χ0v) is 9.33. The van der Waals surface area contributed by atoms with Crippen molar-refractivity contribution in [3.63, 3.8) is 0 Å². The standard InChI is InChI=1S/C9H11N5OS/c10-8-7(5-1-2-5)9(16-14-8)11-3-6-12-4-15-13-6/h4-5,11H,1-3H2,(H2,10,14). The Labute approximate surface area is 96.0 Å². The Hall–Kier alpha value is -1.63. The van der Waals surface area contributed by atoms with Gasteiger partial charge in [-0.25, -0.2) is 0 Å². The van der Waals surface area contributed by atoms with Gasteiger partial charge in [0.25, 0.3) is 0 Å². The molecule has 1 fully saturated rings. The first-order valence-corrected chi connectivity index (χ1v) is 5.86. The average Bonchev–Trinajstić information content (AvgIpc) is 2.85. The Kier molecular flexibility index (Phi) is 2.24. The van der Waals surface area contributed by atoms with Crippen LogP contribution in [-0.4, -0.2) is 14.5 Å². The van der Waals surface area contributed by atoms with E-state index < -0.39 is 0 Å². The van der Waals surface area contributed by atoms with E-state index in [0.717, 1.165) is 10.6 Å². The molecule has 2 heterocycles. The Bertz CT molecular complexity index is 476. The molecule has 0 aliphatic heterocycles. The second kappa shape index (κ2) is 3.75. The first-order valence-electron chi connectivity index (χ1n) is 5.08. The molecule has 84 valence electrons. The molecular weight excluding hydrogens is 226 g/mol. The highest BCUT2D eigenvalue weighted by Crippen LogP contribution is 2.47. The minimum atomic E-state index is 0.540. The summed E-state index contributed by atoms with van der Waals surface area (Å²) in [5.41, 5.74) is 7.00. The highest BCUT2D eigenvalue weighted by atomic mass is 32.1. The van der Waals surface area contributed by atoms with Crippen molar-refractivity contribution in [3.05, 3.63) is 17.8 Å². The van der Waals surface area contributed by atoms with Gasteiger partial charge < -0.3 is 15.6 Å². The molecule has 0 radical (unpaired) electrons. The number of hydrogen-bond acceptors (Lipinski definition) is 7. The van der Waals surface area contributed by atoms with E-state index in [1.54, 1.807) is 0 Å². The molecular formula is C9H11N5OS. The van der Waals surface area contributed by atoms with Gasteiger partial charge in [0.2, 0.25) is 6.39 Å². The molecule has 0 atom stereocenters. The lowest BCUT2D eigenvalue weighted by molar-refractivity contribution is 0.411. The van der Waals surface area contributed by atoms with E-state index in [0.29, 0.717) is 24.1 Å². The van der Waals surface area contributed by atoms with Crippen LogP contribution in [0.25, 0.3) is 0 Å². The number of anilines is 2. The van der Waals surface area contributed by atoms with Gasteiger partial charge in [0, 0.05) is 5.56 Å². The fourth-order valence-electron chi connectivity index (χ4n) is 1.63. The van der Waals surface area contributed by atoms with Crippen LogP contribution in [0.1, 0.15) is 30.1 Å². The molecule has 1 aliphatic rings. The molecule has 0 saturated heterocycles. The predicted octanol–water partition coefficient (Wildman–Crippen LogP) is 1.60. The lowest BCUT2D eigenvalue weighted by Gasteiger charge is -2.03. The van der Waals surface area contributed by atoms with Crippen LogP contribution >= 0.6 is 11.5 Å². The third kappa shape index (κ3) is 1.73. The SMILES string of the molecule is Nc1nsc(NCc2ncon2)c1C1CC1. The van der Waals surface area contributed by atoms with E-state index >= 15 is 0 Å². The van der Waals surface area contributed by atoms with Crippen molar-refractivity contribution >= 4 is 22.4 Å². The predicted molar refractivity (Wildman–Crippen MR) is 60.1 cm³/mol. The molecule has 7 heteroatoms. The molecule has 3 rings (SSSR count). The van der Waals surface area contributed by atoms with Gasteiger partial charge in [0.05, 0.1) is 6.54 Å². The zero-order chi connectivity index (χ0) is 11.0. The third-order valence-corrected chi connectivity index (χ3v) is 3.39. The van der Waals surface area contributed by atoms with Crippen LogP contribution in [-0.2, 0) is 6.54 Å². The van der Waals surface area contributed by atoms with Gasteiger partial charge in [0.1, 0.15) is 10.8 Å². The van der Waals surface area contributed by atoms with E-state index in [4.69, 9.17) is 5.73 Å². The normalized spacial score (nSPS) is 15.2. The largest absolute Gasteiger partial charge is 0.383 e. The summed E-state index contributed by atoms with van der Waals surface area (Å²) in [6.45, 7) is 0.540. The van der Waals surface area contributed by atoms with Gasteiger partial charge in [-0.3, -0.25) is 0 Å². The van der Waals surface area contributed by atoms with Crippen molar-refractivity contribution in [3.8, 4) is 0 Å². The summed E-state index contributed by atoms with van der Waals surface area (Å²) in [6.07, 6.45) is 3.73. The second-order valence-electron chi connectivity index (χ2n) is 3.79. The topological polar surface area (TPSA) is 89.9 Å². The molecule has 2 aromatic heterocycles. The molecule has 0 amide bonds. The van der Waals surface area contributed by atoms with E-state index in [2.05, 4.69) is 24.4 Å². The van der Waals surface area contributed by atoms with Gasteiger partial charge in [-0.15, -0.1) is 0 Å². The van der Waals surface area contributed by atoms with Crippen LogP contribution in [0.3, 0.4) is 0 Å². The van der Waals surface area contributed by atoms with Gasteiger partial charge in [0.15, 0.2) is 5.82 Å². The number of nitrogen functional groups attached to an aromatic ring is 1. The van der Waals surface area contributed by atoms with E-state index in [-0.39, 0.29) is 0 Å². The van der Waals surface area contributed by atoms with Gasteiger partial charge in [-0.2, -0.15) is 9.36 Å². The van der Waals surface area contributed by atoms with Crippen LogP contribution in [0.4, 0.5) is 10.8 Å². The smallest absolute Gasteiger partial charge is 0.213 e. The molecule has 2 aromatic rings. The number of aromatic nitrogens is 3. The molecule has 1 aliphatic carbocycles. The van der Waals surface area contributed by atoms with Crippen LogP contribution in [0.15, 0.2) is 10.9 Å². The number of nitrogens with two attached hydrogens (primary N) is 1. The lowest BCUT2D eigenvalue weighted by Crippen LogP contribution is -2.02. The maximum atomic E-state index is 5.84. The summed E-state index contributed by atoms with van der Waals surface area (Å²) in [4.78, 5) is 3.94. The molecule has 1 saturated carbocycles. The summed E-state index contributed by atoms with van der Waals surface area (Å²) < 4.78 is 8.83. The summed E-state index contributed by atoms with van der Waals surface area (Å²) in [5.74, 6) is 1.88. The Morgan fingerprint density at radius 3 is 3.12 bits per heavy atom. The van der Waals surface area contributed by atoms with Crippen molar-refractivity contribution in [1.29, 1.82) is 0 Å². The van der Waals surface area contributed by atoms with E-state index in [1.807, 2.05) is 0 Å². The monoisotopic (exact) mass is 237 g/mol. The van der Waals surface area contributed by atoms with Gasteiger partial charge in [-0.1, -0.05) is 5.16 Å². The van der Waals surface area contributed by atoms with Crippen LogP contribution in [0, 0.1) is 0 Å². The summed E-state index contributed by atoms with van der Waals surface area (Å²) in [7, 11) is 0. The Morgan fingerprint density at radius 1 is 1.56 bits per heavy atom. The van der Waals surface area contributed by atoms with Crippen LogP contribution in [0.2, 0.25) is 0 Å². The molecule has 6 nitrogen and oxygen atoms in total. The van der Waals surface area contributed by atoms with Gasteiger partial charge in [-0.05, 0) is 30.3 Å². The fourth-order valence-corrected chi connectivity index (χ4v) is 2.43. The van der Waals surface area contributed by atoms with Crippen molar-refractivity contribution in [2.45, 2.75) is 25.3 Å². The number of rotatable bonds is 4. The summed E-state index contributed by atoms with van der Waals surface area (Å²) in [5, 5.41) is 8.01. The van der Waals surface area contributed by atoms with Crippen molar-refractivity contribution in [2.24, 2.45) is 0 Å². The minimum Gasteiger partial charge on any atom is -0.383 e. The van der Waals surface area contributed by atoms with Crippen molar-refractivity contribution in [2.75, 3.05) is 11.1 Å². The first kappa shape index (κ1) is 9.59. The van der Waals surface area contributed by atoms with E-state index in [9.17, 15) is 0 Å². The molecule has 16 heavy (non-hydrogen) atoms. The summed E-state index contributed by atoms with van der Waals surface area (Å²) >= 11 is 1.39. The van der Waals surface area contributed by atoms with Gasteiger partial charge >= 0.3 is 0 Å². The number of nitrogens with one attached hydrogen (secondary N) is 1. The lowest BCUT2D eigenvalue weighted by atomic mass is 10.2. The maximum absolute atomic E-state index is 5.84. The van der Waals surface area contributed by atoms with Crippen molar-refractivity contribution < 1.29 is 4.52 Å². The molecule has 0 aromatic carbocycles. The minimum absolute atomic E-state index is 0.540. The van der Waals surface area contributed by atoms with Crippen LogP contribution in [0.5, 0.6) is 0 Å². The number of hydrogen-bond donors (Lipinski definition) is 2. The quantitative estimate of drug-likeness (QED) is 0.839. The first-order chi connectivity index (χ1) is 7.84. The fraction of sp³-hybridized carbons (Fsp3) is 0.444. The second-order valence-corrected chi connectivity index (χ2v) is 4.56. The van der Waals surface area contributed by atoms with Crippen LogP contribution < -0.4 is 11.1 Å². The zero-order valence-electron chi connectivity index (χ0n) is 8.51. The summed E-state index contributed by atoms with van der Waals surface area (Å²) in [6, 6.07) is 0. The highest BCUT2D eigenvalue weighted by molar-refractivity contribution is 7.10. The molecule has 0 bridgehead atoms. The number of nitrogens with zero attached hydrogens (tertiary/aromatic N) is 3. The molecule has 0 spiro atoms. The van der Waals surface area contributed by atoms with Crippen molar-refractivity contribution in [1.82, 2.24) is 14.5 Å². The third-order valence-electron chi connectivity index (χ3n) is 2.56. The molecule has 3 N–H and O–H groups in total. The molecule has 0 unspecified atom stereocenters. The Balaban J connectivity index is 1.74. The Morgan fingerprint density at radius 2 is 2.44 bits per heavy atom. The highest BCUT2D eigenvalue weighted by Gasteiger charge is 2.30. The maximum Gasteiger partial charge on any atom is 0.213 e. The van der Waals surface area contributed by atoms with E-state index in [1.165, 1.54) is 30.8 Å². The average molecular weight is 237 g/mol.